The third-order valence-corrected chi connectivity index (χ3v) is 4.59. The lowest BCUT2D eigenvalue weighted by Crippen LogP contribution is -2.24. The fourth-order valence-corrected chi connectivity index (χ4v) is 2.98. The van der Waals surface area contributed by atoms with Crippen LogP contribution in [0.15, 0.2) is 67.0 Å². The minimum absolute atomic E-state index is 0.178. The van der Waals surface area contributed by atoms with Crippen molar-refractivity contribution in [2.45, 2.75) is 13.1 Å². The number of methoxy groups -OCH3 is 2. The van der Waals surface area contributed by atoms with Crippen LogP contribution in [0.4, 0.5) is 5.69 Å². The van der Waals surface area contributed by atoms with Gasteiger partial charge in [-0.25, -0.2) is 0 Å². The summed E-state index contributed by atoms with van der Waals surface area (Å²) in [6, 6.07) is 17.6. The fraction of sp³-hybridized carbons (Fsp3) is 0.217. The fourth-order valence-electron chi connectivity index (χ4n) is 2.98. The highest BCUT2D eigenvalue weighted by molar-refractivity contribution is 5.94. The maximum Gasteiger partial charge on any atom is 0.253 e. The summed E-state index contributed by atoms with van der Waals surface area (Å²) in [6.45, 7) is 1.11. The number of hydrogen-bond acceptors (Lipinski definition) is 5. The Bertz CT molecular complexity index is 961. The molecule has 150 valence electrons. The highest BCUT2D eigenvalue weighted by Gasteiger charge is 2.11. The third-order valence-electron chi connectivity index (χ3n) is 4.59. The summed E-state index contributed by atoms with van der Waals surface area (Å²) in [5, 5.41) is 2.93. The molecule has 1 heterocycles. The van der Waals surface area contributed by atoms with E-state index in [1.54, 1.807) is 26.6 Å². The van der Waals surface area contributed by atoms with Crippen molar-refractivity contribution >= 4 is 11.6 Å². The maximum absolute atomic E-state index is 12.6. The zero-order chi connectivity index (χ0) is 20.6. The number of nitrogens with one attached hydrogen (secondary N) is 1. The second-order valence-corrected chi connectivity index (χ2v) is 6.65. The molecule has 29 heavy (non-hydrogen) atoms. The van der Waals surface area contributed by atoms with E-state index >= 15 is 0 Å². The molecule has 0 aliphatic carbocycles. The lowest BCUT2D eigenvalue weighted by Gasteiger charge is -2.19. The van der Waals surface area contributed by atoms with E-state index in [2.05, 4.69) is 27.3 Å². The third kappa shape index (κ3) is 5.25. The molecule has 2 aromatic carbocycles. The summed E-state index contributed by atoms with van der Waals surface area (Å²) < 4.78 is 10.5. The zero-order valence-corrected chi connectivity index (χ0v) is 16.9. The first-order chi connectivity index (χ1) is 14.1. The van der Waals surface area contributed by atoms with Crippen molar-refractivity contribution in [2.24, 2.45) is 0 Å². The predicted octanol–water partition coefficient (Wildman–Crippen LogP) is 3.67. The van der Waals surface area contributed by atoms with E-state index in [1.165, 1.54) is 5.56 Å². The maximum atomic E-state index is 12.6. The summed E-state index contributed by atoms with van der Waals surface area (Å²) in [6.07, 6.45) is 3.33. The van der Waals surface area contributed by atoms with Gasteiger partial charge in [-0.15, -0.1) is 0 Å². The molecule has 1 amide bonds. The Labute approximate surface area is 171 Å². The van der Waals surface area contributed by atoms with E-state index < -0.39 is 0 Å². The van der Waals surface area contributed by atoms with Crippen LogP contribution in [-0.2, 0) is 13.1 Å². The smallest absolute Gasteiger partial charge is 0.253 e. The molecule has 6 nitrogen and oxygen atoms in total. The van der Waals surface area contributed by atoms with Crippen LogP contribution in [0.2, 0.25) is 0 Å². The molecule has 0 fully saturated rings. The molecule has 0 aliphatic rings. The van der Waals surface area contributed by atoms with Crippen molar-refractivity contribution in [3.8, 4) is 11.5 Å². The predicted molar refractivity (Wildman–Crippen MR) is 114 cm³/mol. The van der Waals surface area contributed by atoms with Crippen molar-refractivity contribution in [3.63, 3.8) is 0 Å². The van der Waals surface area contributed by atoms with Gasteiger partial charge in [0.05, 0.1) is 31.7 Å². The molecule has 0 aliphatic heterocycles. The minimum Gasteiger partial charge on any atom is -0.493 e. The number of nitrogens with zero attached hydrogens (tertiary/aromatic N) is 2. The molecule has 0 spiro atoms. The van der Waals surface area contributed by atoms with Crippen LogP contribution >= 0.6 is 0 Å². The first-order valence-corrected chi connectivity index (χ1v) is 9.30. The van der Waals surface area contributed by atoms with Gasteiger partial charge >= 0.3 is 0 Å². The standard InChI is InChI=1S/C23H25N3O3/c1-26(16-17-7-5-4-6-8-17)20-12-19(14-24-15-20)23(27)25-13-18-9-10-21(28-2)22(11-18)29-3/h4-12,14-15H,13,16H2,1-3H3,(H,25,27). The molecule has 0 bridgehead atoms. The van der Waals surface area contributed by atoms with Gasteiger partial charge in [-0.2, -0.15) is 0 Å². The molecule has 0 saturated heterocycles. The number of carbonyl (C=O) groups excluding carboxylic acids is 1. The quantitative estimate of drug-likeness (QED) is 0.635. The monoisotopic (exact) mass is 391 g/mol. The summed E-state index contributed by atoms with van der Waals surface area (Å²) in [4.78, 5) is 18.9. The first-order valence-electron chi connectivity index (χ1n) is 9.30. The molecule has 3 aromatic rings. The van der Waals surface area contributed by atoms with Crippen molar-refractivity contribution in [1.29, 1.82) is 0 Å². The van der Waals surface area contributed by atoms with Crippen LogP contribution in [-0.4, -0.2) is 32.2 Å². The van der Waals surface area contributed by atoms with E-state index in [1.807, 2.05) is 49.5 Å². The van der Waals surface area contributed by atoms with Crippen LogP contribution in [0.25, 0.3) is 0 Å². The Morgan fingerprint density at radius 1 is 0.966 bits per heavy atom. The summed E-state index contributed by atoms with van der Waals surface area (Å²) >= 11 is 0. The number of ether oxygens (including phenoxy) is 2. The highest BCUT2D eigenvalue weighted by atomic mass is 16.5. The Balaban J connectivity index is 1.65. The molecule has 0 atom stereocenters. The average Bonchev–Trinajstić information content (AvgIpc) is 2.78. The van der Waals surface area contributed by atoms with E-state index in [9.17, 15) is 4.79 Å². The average molecular weight is 391 g/mol. The number of aromatic nitrogens is 1. The second-order valence-electron chi connectivity index (χ2n) is 6.65. The van der Waals surface area contributed by atoms with E-state index in [0.717, 1.165) is 17.8 Å². The molecule has 0 unspecified atom stereocenters. The van der Waals surface area contributed by atoms with Crippen LogP contribution in [0, 0.1) is 0 Å². The number of hydrogen-bond donors (Lipinski definition) is 1. The summed E-state index contributed by atoms with van der Waals surface area (Å²) in [5.41, 5.74) is 3.51. The first kappa shape index (κ1) is 20.2. The molecule has 3 rings (SSSR count). The topological polar surface area (TPSA) is 63.7 Å². The molecule has 1 N–H and O–H groups in total. The Morgan fingerprint density at radius 2 is 1.72 bits per heavy atom. The van der Waals surface area contributed by atoms with Gasteiger partial charge < -0.3 is 19.7 Å². The van der Waals surface area contributed by atoms with Gasteiger partial charge in [0.25, 0.3) is 5.91 Å². The normalized spacial score (nSPS) is 10.3. The molecule has 0 saturated carbocycles. The minimum atomic E-state index is -0.178. The summed E-state index contributed by atoms with van der Waals surface area (Å²) in [7, 11) is 5.16. The van der Waals surface area contributed by atoms with Gasteiger partial charge in [0.2, 0.25) is 0 Å². The summed E-state index contributed by atoms with van der Waals surface area (Å²) in [5.74, 6) is 1.11. The number of rotatable bonds is 8. The van der Waals surface area contributed by atoms with Gasteiger partial charge in [-0.05, 0) is 29.3 Å². The lowest BCUT2D eigenvalue weighted by molar-refractivity contribution is 0.0950. The SMILES string of the molecule is COc1ccc(CNC(=O)c2cncc(N(C)Cc3ccccc3)c2)cc1OC. The van der Waals surface area contributed by atoms with Crippen LogP contribution in [0.5, 0.6) is 11.5 Å². The van der Waals surface area contributed by atoms with E-state index in [0.29, 0.717) is 23.6 Å². The van der Waals surface area contributed by atoms with Crippen molar-refractivity contribution in [1.82, 2.24) is 10.3 Å². The number of benzene rings is 2. The van der Waals surface area contributed by atoms with Gasteiger partial charge in [0.15, 0.2) is 11.5 Å². The Kier molecular flexibility index (Phi) is 6.68. The second kappa shape index (κ2) is 9.59. The number of carbonyl (C=O) groups is 1. The van der Waals surface area contributed by atoms with Crippen LogP contribution in [0.1, 0.15) is 21.5 Å². The molecular weight excluding hydrogens is 366 g/mol. The van der Waals surface area contributed by atoms with Crippen LogP contribution < -0.4 is 19.7 Å². The number of anilines is 1. The molecular formula is C23H25N3O3. The van der Waals surface area contributed by atoms with Crippen LogP contribution in [0.3, 0.4) is 0 Å². The van der Waals surface area contributed by atoms with Gasteiger partial charge in [-0.1, -0.05) is 36.4 Å². The molecule has 1 aromatic heterocycles. The molecule has 6 heteroatoms. The molecule has 0 radical (unpaired) electrons. The van der Waals surface area contributed by atoms with Crippen molar-refractivity contribution in [2.75, 3.05) is 26.2 Å². The van der Waals surface area contributed by atoms with Gasteiger partial charge in [0, 0.05) is 26.3 Å². The highest BCUT2D eigenvalue weighted by Crippen LogP contribution is 2.27. The van der Waals surface area contributed by atoms with Crippen molar-refractivity contribution < 1.29 is 14.3 Å². The van der Waals surface area contributed by atoms with Crippen molar-refractivity contribution in [3.05, 3.63) is 83.7 Å². The van der Waals surface area contributed by atoms with E-state index in [-0.39, 0.29) is 5.91 Å². The van der Waals surface area contributed by atoms with Gasteiger partial charge in [-0.3, -0.25) is 9.78 Å². The van der Waals surface area contributed by atoms with E-state index in [4.69, 9.17) is 9.47 Å². The number of pyridine rings is 1. The lowest BCUT2D eigenvalue weighted by atomic mass is 10.1. The van der Waals surface area contributed by atoms with Gasteiger partial charge in [0.1, 0.15) is 0 Å². The zero-order valence-electron chi connectivity index (χ0n) is 16.9. The largest absolute Gasteiger partial charge is 0.493 e. The Hall–Kier alpha value is -3.54. The number of amides is 1. The Morgan fingerprint density at radius 3 is 2.45 bits per heavy atom.